The van der Waals surface area contributed by atoms with Gasteiger partial charge in [0.2, 0.25) is 0 Å². The molecule has 0 radical (unpaired) electrons. The molecular weight excluding hydrogens is 254 g/mol. The van der Waals surface area contributed by atoms with Crippen molar-refractivity contribution >= 4 is 5.97 Å². The number of ether oxygens (including phenoxy) is 1. The fraction of sp³-hybridized carbons (Fsp3) is 0.933. The van der Waals surface area contributed by atoms with Crippen LogP contribution in [0.25, 0.3) is 0 Å². The standard InChI is InChI=1S/C15H31N3O2/c1-6-20-15(19)14(16-12(2)3)11-18-9-7-8-13(10-18)17(4)5/h12-14,16H,6-11H2,1-5H3. The average Bonchev–Trinajstić information content (AvgIpc) is 2.38. The largest absolute Gasteiger partial charge is 0.465 e. The molecule has 118 valence electrons. The fourth-order valence-corrected chi connectivity index (χ4v) is 2.72. The minimum absolute atomic E-state index is 0.131. The molecule has 1 fully saturated rings. The number of likely N-dealkylation sites (N-methyl/N-ethyl adjacent to an activating group) is 1. The van der Waals surface area contributed by atoms with E-state index in [2.05, 4.69) is 43.1 Å². The Morgan fingerprint density at radius 3 is 2.70 bits per heavy atom. The van der Waals surface area contributed by atoms with E-state index in [9.17, 15) is 4.79 Å². The Bertz CT molecular complexity index is 295. The Balaban J connectivity index is 2.57. The molecule has 5 nitrogen and oxygen atoms in total. The normalized spacial score (nSPS) is 22.2. The Kier molecular flexibility index (Phi) is 7.48. The number of carbonyl (C=O) groups excluding carboxylic acids is 1. The van der Waals surface area contributed by atoms with Gasteiger partial charge >= 0.3 is 5.97 Å². The van der Waals surface area contributed by atoms with Crippen molar-refractivity contribution in [2.75, 3.05) is 40.3 Å². The van der Waals surface area contributed by atoms with Crippen molar-refractivity contribution in [2.45, 2.75) is 51.7 Å². The lowest BCUT2D eigenvalue weighted by Gasteiger charge is -2.37. The van der Waals surface area contributed by atoms with E-state index in [1.165, 1.54) is 12.8 Å². The second-order valence-corrected chi connectivity index (χ2v) is 6.15. The van der Waals surface area contributed by atoms with Crippen LogP contribution in [0.15, 0.2) is 0 Å². The molecule has 1 rings (SSSR count). The van der Waals surface area contributed by atoms with E-state index in [-0.39, 0.29) is 18.1 Å². The van der Waals surface area contributed by atoms with Crippen LogP contribution in [0.1, 0.15) is 33.6 Å². The van der Waals surface area contributed by atoms with E-state index in [4.69, 9.17) is 4.74 Å². The van der Waals surface area contributed by atoms with Gasteiger partial charge in [0, 0.05) is 25.2 Å². The van der Waals surface area contributed by atoms with Gasteiger partial charge in [0.1, 0.15) is 6.04 Å². The summed E-state index contributed by atoms with van der Waals surface area (Å²) in [6, 6.07) is 0.639. The molecule has 0 amide bonds. The van der Waals surface area contributed by atoms with Crippen LogP contribution in [0.2, 0.25) is 0 Å². The van der Waals surface area contributed by atoms with Gasteiger partial charge in [-0.25, -0.2) is 0 Å². The molecule has 0 bridgehead atoms. The molecule has 0 aromatic rings. The smallest absolute Gasteiger partial charge is 0.324 e. The monoisotopic (exact) mass is 285 g/mol. The fourth-order valence-electron chi connectivity index (χ4n) is 2.72. The summed E-state index contributed by atoms with van der Waals surface area (Å²) < 4.78 is 5.18. The second kappa shape index (κ2) is 8.60. The van der Waals surface area contributed by atoms with E-state index in [1.54, 1.807) is 0 Å². The summed E-state index contributed by atoms with van der Waals surface area (Å²) in [5.74, 6) is -0.131. The van der Waals surface area contributed by atoms with Gasteiger partial charge in [-0.15, -0.1) is 0 Å². The van der Waals surface area contributed by atoms with E-state index in [0.29, 0.717) is 12.6 Å². The molecule has 1 heterocycles. The van der Waals surface area contributed by atoms with E-state index >= 15 is 0 Å². The number of piperidine rings is 1. The van der Waals surface area contributed by atoms with Crippen LogP contribution >= 0.6 is 0 Å². The van der Waals surface area contributed by atoms with Crippen LogP contribution in [0.5, 0.6) is 0 Å². The van der Waals surface area contributed by atoms with Crippen molar-refractivity contribution in [2.24, 2.45) is 0 Å². The molecule has 1 saturated heterocycles. The van der Waals surface area contributed by atoms with Crippen molar-refractivity contribution < 1.29 is 9.53 Å². The molecule has 0 aromatic carbocycles. The average molecular weight is 285 g/mol. The number of esters is 1. The topological polar surface area (TPSA) is 44.8 Å². The first kappa shape index (κ1) is 17.4. The molecule has 0 saturated carbocycles. The molecule has 2 atom stereocenters. The summed E-state index contributed by atoms with van der Waals surface area (Å²) in [4.78, 5) is 16.7. The first-order valence-corrected chi connectivity index (χ1v) is 7.75. The lowest BCUT2D eigenvalue weighted by atomic mass is 10.0. The van der Waals surface area contributed by atoms with Crippen LogP contribution < -0.4 is 5.32 Å². The molecule has 0 aliphatic carbocycles. The molecule has 0 aromatic heterocycles. The van der Waals surface area contributed by atoms with Gasteiger partial charge < -0.3 is 15.0 Å². The summed E-state index contributed by atoms with van der Waals surface area (Å²) in [6.07, 6.45) is 2.44. The van der Waals surface area contributed by atoms with Gasteiger partial charge in [-0.05, 0) is 40.4 Å². The molecule has 5 heteroatoms. The summed E-state index contributed by atoms with van der Waals surface area (Å²) in [7, 11) is 4.26. The highest BCUT2D eigenvalue weighted by atomic mass is 16.5. The summed E-state index contributed by atoms with van der Waals surface area (Å²) in [6.45, 7) is 9.25. The lowest BCUT2D eigenvalue weighted by molar-refractivity contribution is -0.146. The minimum Gasteiger partial charge on any atom is -0.465 e. The maximum Gasteiger partial charge on any atom is 0.324 e. The molecular formula is C15H31N3O2. The zero-order chi connectivity index (χ0) is 15.1. The van der Waals surface area contributed by atoms with Gasteiger partial charge in [0.15, 0.2) is 0 Å². The maximum absolute atomic E-state index is 12.0. The number of likely N-dealkylation sites (tertiary alicyclic amines) is 1. The number of hydrogen-bond acceptors (Lipinski definition) is 5. The zero-order valence-corrected chi connectivity index (χ0v) is 13.7. The number of hydrogen-bond donors (Lipinski definition) is 1. The van der Waals surface area contributed by atoms with Gasteiger partial charge in [-0.3, -0.25) is 9.69 Å². The predicted octanol–water partition coefficient (Wildman–Crippen LogP) is 0.942. The van der Waals surface area contributed by atoms with Gasteiger partial charge in [0.05, 0.1) is 6.61 Å². The van der Waals surface area contributed by atoms with Crippen LogP contribution in [-0.4, -0.2) is 74.2 Å². The van der Waals surface area contributed by atoms with Crippen LogP contribution in [0.4, 0.5) is 0 Å². The first-order chi connectivity index (χ1) is 9.43. The van der Waals surface area contributed by atoms with Crippen molar-refractivity contribution in [3.63, 3.8) is 0 Å². The molecule has 1 aliphatic heterocycles. The highest BCUT2D eigenvalue weighted by Gasteiger charge is 2.27. The Morgan fingerprint density at radius 2 is 2.15 bits per heavy atom. The number of rotatable bonds is 7. The van der Waals surface area contributed by atoms with E-state index in [1.807, 2.05) is 6.92 Å². The SMILES string of the molecule is CCOC(=O)C(CN1CCCC(N(C)C)C1)NC(C)C. The van der Waals surface area contributed by atoms with Gasteiger partial charge in [0.25, 0.3) is 0 Å². The Hall–Kier alpha value is -0.650. The summed E-state index contributed by atoms with van der Waals surface area (Å²) in [5.41, 5.74) is 0. The highest BCUT2D eigenvalue weighted by molar-refractivity contribution is 5.76. The second-order valence-electron chi connectivity index (χ2n) is 6.15. The Morgan fingerprint density at radius 1 is 1.45 bits per heavy atom. The number of nitrogens with one attached hydrogen (secondary N) is 1. The quantitative estimate of drug-likeness (QED) is 0.705. The van der Waals surface area contributed by atoms with Crippen molar-refractivity contribution in [1.82, 2.24) is 15.1 Å². The Labute approximate surface area is 123 Å². The van der Waals surface area contributed by atoms with E-state index in [0.717, 1.165) is 19.6 Å². The van der Waals surface area contributed by atoms with Crippen molar-refractivity contribution in [3.8, 4) is 0 Å². The van der Waals surface area contributed by atoms with Crippen molar-refractivity contribution in [3.05, 3.63) is 0 Å². The third-order valence-electron chi connectivity index (χ3n) is 3.76. The third-order valence-corrected chi connectivity index (χ3v) is 3.76. The summed E-state index contributed by atoms with van der Waals surface area (Å²) in [5, 5.41) is 3.33. The van der Waals surface area contributed by atoms with Crippen LogP contribution in [0, 0.1) is 0 Å². The minimum atomic E-state index is -0.226. The van der Waals surface area contributed by atoms with E-state index < -0.39 is 0 Å². The van der Waals surface area contributed by atoms with Gasteiger partial charge in [-0.1, -0.05) is 13.8 Å². The summed E-state index contributed by atoms with van der Waals surface area (Å²) >= 11 is 0. The molecule has 2 unspecified atom stereocenters. The molecule has 1 N–H and O–H groups in total. The number of carbonyl (C=O) groups is 1. The van der Waals surface area contributed by atoms with Crippen LogP contribution in [-0.2, 0) is 9.53 Å². The highest BCUT2D eigenvalue weighted by Crippen LogP contribution is 2.14. The maximum atomic E-state index is 12.0. The van der Waals surface area contributed by atoms with Crippen molar-refractivity contribution in [1.29, 1.82) is 0 Å². The first-order valence-electron chi connectivity index (χ1n) is 7.75. The zero-order valence-electron chi connectivity index (χ0n) is 13.7. The van der Waals surface area contributed by atoms with Crippen LogP contribution in [0.3, 0.4) is 0 Å². The number of nitrogens with zero attached hydrogens (tertiary/aromatic N) is 2. The predicted molar refractivity (Wildman–Crippen MR) is 81.8 cm³/mol. The molecule has 20 heavy (non-hydrogen) atoms. The third kappa shape index (κ3) is 5.77. The molecule has 1 aliphatic rings. The molecule has 0 spiro atoms. The lowest BCUT2D eigenvalue weighted by Crippen LogP contribution is -2.53. The van der Waals surface area contributed by atoms with Gasteiger partial charge in [-0.2, -0.15) is 0 Å².